The van der Waals surface area contributed by atoms with Gasteiger partial charge in [-0.3, -0.25) is 14.6 Å². The Hall–Kier alpha value is -2.02. The second-order valence-corrected chi connectivity index (χ2v) is 6.83. The average molecular weight is 331 g/mol. The molecule has 130 valence electrons. The van der Waals surface area contributed by atoms with Crippen LogP contribution >= 0.6 is 0 Å². The number of nitrogens with two attached hydrogens (primary N) is 1. The molecule has 7 heteroatoms. The summed E-state index contributed by atoms with van der Waals surface area (Å²) in [7, 11) is 0. The lowest BCUT2D eigenvalue weighted by Crippen LogP contribution is -2.49. The minimum absolute atomic E-state index is 0.0655. The monoisotopic (exact) mass is 331 g/mol. The van der Waals surface area contributed by atoms with E-state index in [9.17, 15) is 9.59 Å². The van der Waals surface area contributed by atoms with E-state index in [1.807, 2.05) is 0 Å². The van der Waals surface area contributed by atoms with Gasteiger partial charge in [-0.25, -0.2) is 4.98 Å². The molecule has 4 N–H and O–H groups in total. The number of hydrogen-bond acceptors (Lipinski definition) is 5. The summed E-state index contributed by atoms with van der Waals surface area (Å²) in [5, 5.41) is 5.66. The highest BCUT2D eigenvalue weighted by Crippen LogP contribution is 2.41. The molecule has 0 aliphatic heterocycles. The van der Waals surface area contributed by atoms with Crippen LogP contribution in [0.5, 0.6) is 0 Å². The molecule has 2 aliphatic rings. The van der Waals surface area contributed by atoms with Crippen molar-refractivity contribution in [2.75, 3.05) is 13.1 Å². The molecule has 2 fully saturated rings. The Morgan fingerprint density at radius 2 is 1.83 bits per heavy atom. The summed E-state index contributed by atoms with van der Waals surface area (Å²) in [5.41, 5.74) is 6.54. The lowest BCUT2D eigenvalue weighted by atomic mass is 9.65. The molecular weight excluding hydrogens is 306 g/mol. The predicted molar refractivity (Wildman–Crippen MR) is 88.9 cm³/mol. The van der Waals surface area contributed by atoms with Crippen molar-refractivity contribution in [3.8, 4) is 0 Å². The Balaban J connectivity index is 1.39. The average Bonchev–Trinajstić information content (AvgIpc) is 2.59. The van der Waals surface area contributed by atoms with Crippen LogP contribution in [0.3, 0.4) is 0 Å². The van der Waals surface area contributed by atoms with Gasteiger partial charge in [-0.15, -0.1) is 0 Å². The van der Waals surface area contributed by atoms with Crippen molar-refractivity contribution >= 4 is 11.8 Å². The molecular formula is C17H25N5O2. The van der Waals surface area contributed by atoms with Gasteiger partial charge in [0.25, 0.3) is 5.91 Å². The molecule has 24 heavy (non-hydrogen) atoms. The first-order chi connectivity index (χ1) is 11.6. The quantitative estimate of drug-likeness (QED) is 0.680. The summed E-state index contributed by atoms with van der Waals surface area (Å²) >= 11 is 0. The van der Waals surface area contributed by atoms with Gasteiger partial charge in [0.1, 0.15) is 5.69 Å². The van der Waals surface area contributed by atoms with E-state index >= 15 is 0 Å². The van der Waals surface area contributed by atoms with Crippen LogP contribution in [0.4, 0.5) is 0 Å². The van der Waals surface area contributed by atoms with Crippen LogP contribution in [0, 0.1) is 17.8 Å². The normalized spacial score (nSPS) is 28.9. The third-order valence-electron chi connectivity index (χ3n) is 5.29. The Morgan fingerprint density at radius 3 is 2.50 bits per heavy atom. The van der Waals surface area contributed by atoms with Crippen LogP contribution in [-0.2, 0) is 4.79 Å². The molecule has 7 nitrogen and oxygen atoms in total. The largest absolute Gasteiger partial charge is 0.354 e. The van der Waals surface area contributed by atoms with E-state index in [4.69, 9.17) is 5.73 Å². The summed E-state index contributed by atoms with van der Waals surface area (Å²) in [4.78, 5) is 32.0. The van der Waals surface area contributed by atoms with Gasteiger partial charge in [-0.1, -0.05) is 6.42 Å². The van der Waals surface area contributed by atoms with E-state index < -0.39 is 0 Å². The van der Waals surface area contributed by atoms with Crippen molar-refractivity contribution in [1.82, 2.24) is 20.6 Å². The molecule has 0 radical (unpaired) electrons. The second-order valence-electron chi connectivity index (χ2n) is 6.83. The molecule has 2 bridgehead atoms. The molecule has 0 saturated heterocycles. The summed E-state index contributed by atoms with van der Waals surface area (Å²) in [6.45, 7) is 0.795. The van der Waals surface area contributed by atoms with Gasteiger partial charge in [0, 0.05) is 37.4 Å². The molecule has 2 amide bonds. The van der Waals surface area contributed by atoms with Crippen LogP contribution in [0.15, 0.2) is 18.6 Å². The summed E-state index contributed by atoms with van der Waals surface area (Å²) in [6, 6.07) is 0.272. The third-order valence-corrected chi connectivity index (χ3v) is 5.29. The van der Waals surface area contributed by atoms with Crippen molar-refractivity contribution in [3.05, 3.63) is 24.3 Å². The Bertz CT molecular complexity index is 566. The van der Waals surface area contributed by atoms with E-state index in [-0.39, 0.29) is 29.5 Å². The Kier molecular flexibility index (Phi) is 5.40. The molecule has 2 aliphatic carbocycles. The highest BCUT2D eigenvalue weighted by molar-refractivity contribution is 5.91. The number of fused-ring (bicyclic) bond motifs is 2. The number of amides is 2. The van der Waals surface area contributed by atoms with Crippen LogP contribution < -0.4 is 16.4 Å². The third kappa shape index (κ3) is 3.90. The zero-order valence-electron chi connectivity index (χ0n) is 13.8. The maximum absolute atomic E-state index is 12.4. The number of carbonyl (C=O) groups is 2. The molecule has 0 aromatic carbocycles. The van der Waals surface area contributed by atoms with Gasteiger partial charge in [0.2, 0.25) is 5.91 Å². The fourth-order valence-corrected chi connectivity index (χ4v) is 4.02. The fourth-order valence-electron chi connectivity index (χ4n) is 4.02. The van der Waals surface area contributed by atoms with Gasteiger partial charge in [-0.2, -0.15) is 0 Å². The van der Waals surface area contributed by atoms with Crippen LogP contribution in [0.2, 0.25) is 0 Å². The number of nitrogens with one attached hydrogen (secondary N) is 2. The predicted octanol–water partition coefficient (Wildman–Crippen LogP) is 0.476. The molecule has 0 spiro atoms. The van der Waals surface area contributed by atoms with Crippen molar-refractivity contribution in [3.63, 3.8) is 0 Å². The first-order valence-corrected chi connectivity index (χ1v) is 8.72. The summed E-state index contributed by atoms with van der Waals surface area (Å²) < 4.78 is 0. The summed E-state index contributed by atoms with van der Waals surface area (Å²) in [6.07, 6.45) is 9.74. The maximum atomic E-state index is 12.4. The lowest BCUT2D eigenvalue weighted by molar-refractivity contribution is -0.127. The van der Waals surface area contributed by atoms with Gasteiger partial charge in [0.05, 0.1) is 6.20 Å². The van der Waals surface area contributed by atoms with Gasteiger partial charge < -0.3 is 16.4 Å². The standard InChI is InChI=1S/C17H25N5O2/c18-15-11-2-1-3-12(15)9-13(8-11)16(23)21-6-7-22-17(24)14-10-19-4-5-20-14/h4-5,10-13,15H,1-3,6-9,18H2,(H,21,23)(H,22,24). The molecule has 1 aromatic rings. The first-order valence-electron chi connectivity index (χ1n) is 8.72. The van der Waals surface area contributed by atoms with Crippen LogP contribution in [0.1, 0.15) is 42.6 Å². The van der Waals surface area contributed by atoms with Crippen molar-refractivity contribution in [1.29, 1.82) is 0 Å². The number of hydrogen-bond donors (Lipinski definition) is 3. The van der Waals surface area contributed by atoms with E-state index in [1.54, 1.807) is 0 Å². The second kappa shape index (κ2) is 7.70. The van der Waals surface area contributed by atoms with Crippen LogP contribution in [0.25, 0.3) is 0 Å². The van der Waals surface area contributed by atoms with Crippen molar-refractivity contribution in [2.45, 2.75) is 38.1 Å². The molecule has 1 aromatic heterocycles. The smallest absolute Gasteiger partial charge is 0.271 e. The molecule has 3 rings (SSSR count). The zero-order valence-corrected chi connectivity index (χ0v) is 13.8. The van der Waals surface area contributed by atoms with Gasteiger partial charge >= 0.3 is 0 Å². The SMILES string of the molecule is NC1C2CCCC1CC(C(=O)NCCNC(=O)c1cnccn1)C2. The van der Waals surface area contributed by atoms with E-state index in [0.29, 0.717) is 24.9 Å². The van der Waals surface area contributed by atoms with Crippen molar-refractivity contribution in [2.24, 2.45) is 23.5 Å². The van der Waals surface area contributed by atoms with E-state index in [2.05, 4.69) is 20.6 Å². The highest BCUT2D eigenvalue weighted by Gasteiger charge is 2.40. The van der Waals surface area contributed by atoms with Gasteiger partial charge in [-0.05, 0) is 37.5 Å². The fraction of sp³-hybridized carbons (Fsp3) is 0.647. The van der Waals surface area contributed by atoms with Crippen molar-refractivity contribution < 1.29 is 9.59 Å². The topological polar surface area (TPSA) is 110 Å². The number of carbonyl (C=O) groups excluding carboxylic acids is 2. The minimum Gasteiger partial charge on any atom is -0.354 e. The maximum Gasteiger partial charge on any atom is 0.271 e. The minimum atomic E-state index is -0.282. The first kappa shape index (κ1) is 16.8. The van der Waals surface area contributed by atoms with Crippen LogP contribution in [-0.4, -0.2) is 40.9 Å². The van der Waals surface area contributed by atoms with E-state index in [0.717, 1.165) is 25.7 Å². The Labute approximate surface area is 141 Å². The Morgan fingerprint density at radius 1 is 1.12 bits per heavy atom. The number of nitrogens with zero attached hydrogens (tertiary/aromatic N) is 2. The van der Waals surface area contributed by atoms with E-state index in [1.165, 1.54) is 25.0 Å². The molecule has 1 heterocycles. The molecule has 2 unspecified atom stereocenters. The van der Waals surface area contributed by atoms with Gasteiger partial charge in [0.15, 0.2) is 0 Å². The highest BCUT2D eigenvalue weighted by atomic mass is 16.2. The lowest BCUT2D eigenvalue weighted by Gasteiger charge is -2.43. The molecule has 2 saturated carbocycles. The number of rotatable bonds is 5. The molecule has 2 atom stereocenters. The summed E-state index contributed by atoms with van der Waals surface area (Å²) in [5.74, 6) is 0.855. The number of aromatic nitrogens is 2. The zero-order chi connectivity index (χ0) is 16.9.